The molecule has 0 saturated heterocycles. The zero-order valence-corrected chi connectivity index (χ0v) is 15.4. The van der Waals surface area contributed by atoms with Crippen molar-refractivity contribution in [2.75, 3.05) is 11.1 Å². The van der Waals surface area contributed by atoms with Gasteiger partial charge >= 0.3 is 0 Å². The summed E-state index contributed by atoms with van der Waals surface area (Å²) < 4.78 is 0. The van der Waals surface area contributed by atoms with Crippen molar-refractivity contribution in [1.82, 2.24) is 4.98 Å². The number of benzene rings is 1. The van der Waals surface area contributed by atoms with Crippen molar-refractivity contribution < 1.29 is 9.72 Å². The predicted molar refractivity (Wildman–Crippen MR) is 104 cm³/mol. The van der Waals surface area contributed by atoms with Crippen LogP contribution < -0.4 is 11.1 Å². The zero-order chi connectivity index (χ0) is 19.0. The maximum atomic E-state index is 12.6. The number of fused-ring (bicyclic) bond motifs is 1. The van der Waals surface area contributed by atoms with Gasteiger partial charge < -0.3 is 11.1 Å². The van der Waals surface area contributed by atoms with Gasteiger partial charge in [0.05, 0.1) is 10.6 Å². The van der Waals surface area contributed by atoms with Gasteiger partial charge in [-0.15, -0.1) is 11.3 Å². The largest absolute Gasteiger partial charge is 0.397 e. The quantitative estimate of drug-likeness (QED) is 0.520. The van der Waals surface area contributed by atoms with Gasteiger partial charge in [-0.2, -0.15) is 0 Å². The molecule has 3 rings (SSSR count). The summed E-state index contributed by atoms with van der Waals surface area (Å²) in [6.45, 7) is 5.73. The molecule has 2 heterocycles. The van der Waals surface area contributed by atoms with Gasteiger partial charge in [0, 0.05) is 28.4 Å². The number of aromatic nitrogens is 1. The van der Waals surface area contributed by atoms with Crippen LogP contribution in [0.1, 0.15) is 40.7 Å². The van der Waals surface area contributed by atoms with E-state index in [1.165, 1.54) is 17.4 Å². The van der Waals surface area contributed by atoms with E-state index in [1.807, 2.05) is 26.0 Å². The molecule has 0 bridgehead atoms. The van der Waals surface area contributed by atoms with E-state index < -0.39 is 10.8 Å². The number of nitrogens with two attached hydrogens (primary N) is 1. The third-order valence-corrected chi connectivity index (χ3v) is 5.19. The fraction of sp³-hybridized carbons (Fsp3) is 0.222. The van der Waals surface area contributed by atoms with E-state index in [0.717, 1.165) is 11.1 Å². The number of carbonyl (C=O) groups is 1. The van der Waals surface area contributed by atoms with E-state index in [9.17, 15) is 14.9 Å². The van der Waals surface area contributed by atoms with Crippen LogP contribution >= 0.6 is 11.3 Å². The summed E-state index contributed by atoms with van der Waals surface area (Å²) in [5, 5.41) is 14.5. The fourth-order valence-corrected chi connectivity index (χ4v) is 3.57. The monoisotopic (exact) mass is 370 g/mol. The molecule has 0 spiro atoms. The van der Waals surface area contributed by atoms with Gasteiger partial charge in [0.2, 0.25) is 0 Å². The molecular formula is C18H18N4O3S. The lowest BCUT2D eigenvalue weighted by molar-refractivity contribution is -0.385. The number of nitro benzene ring substituents is 1. The lowest BCUT2D eigenvalue weighted by Crippen LogP contribution is -2.12. The Kier molecular flexibility index (Phi) is 4.60. The minimum absolute atomic E-state index is 0.0460. The van der Waals surface area contributed by atoms with Gasteiger partial charge in [-0.05, 0) is 31.0 Å². The highest BCUT2D eigenvalue weighted by atomic mass is 32.1. The van der Waals surface area contributed by atoms with Crippen molar-refractivity contribution in [2.24, 2.45) is 0 Å². The summed E-state index contributed by atoms with van der Waals surface area (Å²) in [6, 6.07) is 8.33. The number of rotatable bonds is 4. The Balaban J connectivity index is 1.94. The van der Waals surface area contributed by atoms with Crippen LogP contribution in [0.3, 0.4) is 0 Å². The molecule has 0 aliphatic heterocycles. The van der Waals surface area contributed by atoms with Gasteiger partial charge in [0.1, 0.15) is 9.71 Å². The van der Waals surface area contributed by atoms with E-state index in [2.05, 4.69) is 10.3 Å². The number of anilines is 2. The van der Waals surface area contributed by atoms with E-state index in [-0.39, 0.29) is 11.6 Å². The van der Waals surface area contributed by atoms with Crippen molar-refractivity contribution in [3.8, 4) is 0 Å². The molecule has 2 aromatic heterocycles. The molecule has 0 aliphatic carbocycles. The topological polar surface area (TPSA) is 111 Å². The molecule has 0 radical (unpaired) electrons. The summed E-state index contributed by atoms with van der Waals surface area (Å²) in [5.74, 6) is -0.136. The van der Waals surface area contributed by atoms with Crippen LogP contribution in [-0.2, 0) is 0 Å². The Morgan fingerprint density at radius 1 is 1.31 bits per heavy atom. The van der Waals surface area contributed by atoms with Crippen LogP contribution in [0.5, 0.6) is 0 Å². The number of amides is 1. The number of aryl methyl sites for hydroxylation is 1. The van der Waals surface area contributed by atoms with E-state index in [0.29, 0.717) is 26.6 Å². The first kappa shape index (κ1) is 17.8. The summed E-state index contributed by atoms with van der Waals surface area (Å²) in [6.07, 6.45) is 0. The Morgan fingerprint density at radius 3 is 2.69 bits per heavy atom. The van der Waals surface area contributed by atoms with Gasteiger partial charge in [-0.25, -0.2) is 4.98 Å². The number of nitrogen functional groups attached to an aromatic ring is 1. The number of hydrogen-bond acceptors (Lipinski definition) is 6. The third kappa shape index (κ3) is 3.23. The standard InChI is InChI=1S/C18H18N4O3S/c1-9(2)13-7-6-12-15(19)16(26-18(12)21-13)17(23)20-11-5-4-10(3)14(8-11)22(24)25/h4-9H,19H2,1-3H3,(H,20,23). The number of nitrogens with zero attached hydrogens (tertiary/aromatic N) is 2. The van der Waals surface area contributed by atoms with Gasteiger partial charge in [0.15, 0.2) is 0 Å². The molecule has 3 N–H and O–H groups in total. The first-order chi connectivity index (χ1) is 12.3. The van der Waals surface area contributed by atoms with E-state index >= 15 is 0 Å². The lowest BCUT2D eigenvalue weighted by Gasteiger charge is -2.05. The average molecular weight is 370 g/mol. The number of pyridine rings is 1. The molecule has 134 valence electrons. The van der Waals surface area contributed by atoms with Crippen LogP contribution in [-0.4, -0.2) is 15.8 Å². The maximum Gasteiger partial charge on any atom is 0.274 e. The Bertz CT molecular complexity index is 1030. The van der Waals surface area contributed by atoms with Crippen LogP contribution in [0, 0.1) is 17.0 Å². The molecule has 1 aromatic carbocycles. The Morgan fingerprint density at radius 2 is 2.04 bits per heavy atom. The van der Waals surface area contributed by atoms with Gasteiger partial charge in [-0.3, -0.25) is 14.9 Å². The molecular weight excluding hydrogens is 352 g/mol. The van der Waals surface area contributed by atoms with Crippen LogP contribution in [0.2, 0.25) is 0 Å². The number of thiophene rings is 1. The third-order valence-electron chi connectivity index (χ3n) is 4.08. The highest BCUT2D eigenvalue weighted by Crippen LogP contribution is 2.34. The van der Waals surface area contributed by atoms with Crippen LogP contribution in [0.25, 0.3) is 10.2 Å². The van der Waals surface area contributed by atoms with E-state index in [4.69, 9.17) is 5.73 Å². The summed E-state index contributed by atoms with van der Waals surface area (Å²) in [7, 11) is 0. The molecule has 7 nitrogen and oxygen atoms in total. The normalized spacial score (nSPS) is 11.1. The van der Waals surface area contributed by atoms with Crippen molar-refractivity contribution in [3.05, 3.63) is 56.6 Å². The van der Waals surface area contributed by atoms with Gasteiger partial charge in [-0.1, -0.05) is 19.9 Å². The molecule has 0 saturated carbocycles. The average Bonchev–Trinajstić information content (AvgIpc) is 2.92. The first-order valence-corrected chi connectivity index (χ1v) is 8.85. The minimum Gasteiger partial charge on any atom is -0.397 e. The molecule has 0 fully saturated rings. The smallest absolute Gasteiger partial charge is 0.274 e. The van der Waals surface area contributed by atoms with Crippen molar-refractivity contribution in [2.45, 2.75) is 26.7 Å². The number of nitrogens with one attached hydrogen (secondary N) is 1. The molecule has 26 heavy (non-hydrogen) atoms. The number of hydrogen-bond donors (Lipinski definition) is 2. The SMILES string of the molecule is Cc1ccc(NC(=O)c2sc3nc(C(C)C)ccc3c2N)cc1[N+](=O)[O-]. The molecule has 8 heteroatoms. The highest BCUT2D eigenvalue weighted by molar-refractivity contribution is 7.21. The Hall–Kier alpha value is -3.00. The minimum atomic E-state index is -0.476. The zero-order valence-electron chi connectivity index (χ0n) is 14.6. The second-order valence-electron chi connectivity index (χ2n) is 6.30. The molecule has 3 aromatic rings. The van der Waals surface area contributed by atoms with Crippen LogP contribution in [0.15, 0.2) is 30.3 Å². The predicted octanol–water partition coefficient (Wildman–Crippen LogP) is 4.47. The summed E-state index contributed by atoms with van der Waals surface area (Å²) >= 11 is 1.21. The maximum absolute atomic E-state index is 12.6. The van der Waals surface area contributed by atoms with Crippen molar-refractivity contribution >= 4 is 44.5 Å². The van der Waals surface area contributed by atoms with Crippen LogP contribution in [0.4, 0.5) is 17.1 Å². The summed E-state index contributed by atoms with van der Waals surface area (Å²) in [4.78, 5) is 28.8. The molecule has 1 amide bonds. The highest BCUT2D eigenvalue weighted by Gasteiger charge is 2.19. The second kappa shape index (κ2) is 6.72. The molecule has 0 unspecified atom stereocenters. The van der Waals surface area contributed by atoms with E-state index in [1.54, 1.807) is 19.1 Å². The lowest BCUT2D eigenvalue weighted by atomic mass is 10.1. The van der Waals surface area contributed by atoms with Crippen molar-refractivity contribution in [3.63, 3.8) is 0 Å². The number of nitro groups is 1. The number of carbonyl (C=O) groups excluding carboxylic acids is 1. The Labute approximate surface area is 154 Å². The summed E-state index contributed by atoms with van der Waals surface area (Å²) in [5.41, 5.74) is 8.25. The fourth-order valence-electron chi connectivity index (χ4n) is 2.57. The second-order valence-corrected chi connectivity index (χ2v) is 7.30. The van der Waals surface area contributed by atoms with Gasteiger partial charge in [0.25, 0.3) is 11.6 Å². The molecule has 0 aliphatic rings. The van der Waals surface area contributed by atoms with Crippen molar-refractivity contribution in [1.29, 1.82) is 0 Å². The molecule has 0 atom stereocenters. The first-order valence-electron chi connectivity index (χ1n) is 8.03.